The number of carboxylic acid groups (broad SMARTS) is 1. The summed E-state index contributed by atoms with van der Waals surface area (Å²) in [6, 6.07) is 6.73. The van der Waals surface area contributed by atoms with Gasteiger partial charge in [-0.15, -0.1) is 0 Å². The molecule has 0 aliphatic heterocycles. The van der Waals surface area contributed by atoms with Gasteiger partial charge in [-0.1, -0.05) is 6.07 Å². The van der Waals surface area contributed by atoms with E-state index in [4.69, 9.17) is 9.84 Å². The fourth-order valence-electron chi connectivity index (χ4n) is 1.39. The van der Waals surface area contributed by atoms with Crippen molar-refractivity contribution in [3.8, 4) is 17.0 Å². The van der Waals surface area contributed by atoms with Crippen LogP contribution < -0.4 is 4.74 Å². The minimum absolute atomic E-state index is 0.0229. The van der Waals surface area contributed by atoms with Crippen LogP contribution in [0.1, 0.15) is 10.5 Å². The van der Waals surface area contributed by atoms with Crippen molar-refractivity contribution in [1.29, 1.82) is 0 Å². The number of pyridine rings is 2. The number of ether oxygens (including phenoxy) is 1. The molecule has 17 heavy (non-hydrogen) atoms. The van der Waals surface area contributed by atoms with Gasteiger partial charge in [0.1, 0.15) is 5.69 Å². The van der Waals surface area contributed by atoms with Crippen LogP contribution in [0.25, 0.3) is 11.1 Å². The number of aromatic carboxylic acids is 1. The van der Waals surface area contributed by atoms with Crippen LogP contribution >= 0.6 is 0 Å². The lowest BCUT2D eigenvalue weighted by atomic mass is 10.1. The third kappa shape index (κ3) is 2.39. The molecule has 5 heteroatoms. The van der Waals surface area contributed by atoms with Crippen LogP contribution in [0.4, 0.5) is 0 Å². The van der Waals surface area contributed by atoms with Gasteiger partial charge in [-0.25, -0.2) is 14.8 Å². The van der Waals surface area contributed by atoms with Crippen molar-refractivity contribution in [2.75, 3.05) is 7.11 Å². The fraction of sp³-hybridized carbons (Fsp3) is 0.0833. The van der Waals surface area contributed by atoms with Gasteiger partial charge >= 0.3 is 5.97 Å². The second-order valence-electron chi connectivity index (χ2n) is 3.32. The summed E-state index contributed by atoms with van der Waals surface area (Å²) < 4.78 is 5.01. The molecule has 0 radical (unpaired) electrons. The van der Waals surface area contributed by atoms with Crippen molar-refractivity contribution >= 4 is 5.97 Å². The molecule has 0 spiro atoms. The first-order chi connectivity index (χ1) is 8.20. The highest BCUT2D eigenvalue weighted by molar-refractivity contribution is 5.85. The zero-order valence-electron chi connectivity index (χ0n) is 9.12. The van der Waals surface area contributed by atoms with Gasteiger partial charge in [0.2, 0.25) is 5.88 Å². The molecule has 0 bridgehead atoms. The third-order valence-corrected chi connectivity index (χ3v) is 2.26. The highest BCUT2D eigenvalue weighted by Gasteiger charge is 2.05. The standard InChI is InChI=1S/C12H10N2O3/c1-17-11-6-8(4-5-13-11)9-2-3-10(12(15)16)14-7-9/h2-7H,1H3,(H,15,16). The number of nitrogens with zero attached hydrogens (tertiary/aromatic N) is 2. The van der Waals surface area contributed by atoms with Gasteiger partial charge in [-0.3, -0.25) is 0 Å². The fourth-order valence-corrected chi connectivity index (χ4v) is 1.39. The van der Waals surface area contributed by atoms with E-state index in [1.54, 1.807) is 24.4 Å². The zero-order chi connectivity index (χ0) is 12.3. The minimum atomic E-state index is -1.04. The van der Waals surface area contributed by atoms with Crippen molar-refractivity contribution in [1.82, 2.24) is 9.97 Å². The minimum Gasteiger partial charge on any atom is -0.481 e. The quantitative estimate of drug-likeness (QED) is 0.871. The molecule has 0 aliphatic carbocycles. The Bertz CT molecular complexity index is 538. The number of carbonyl (C=O) groups is 1. The SMILES string of the molecule is COc1cc(-c2ccc(C(=O)O)nc2)ccn1. The van der Waals surface area contributed by atoms with E-state index < -0.39 is 5.97 Å². The van der Waals surface area contributed by atoms with Crippen LogP contribution in [0.15, 0.2) is 36.7 Å². The first-order valence-corrected chi connectivity index (χ1v) is 4.90. The highest BCUT2D eigenvalue weighted by atomic mass is 16.5. The van der Waals surface area contributed by atoms with Crippen molar-refractivity contribution in [3.63, 3.8) is 0 Å². The number of methoxy groups -OCH3 is 1. The van der Waals surface area contributed by atoms with E-state index in [1.807, 2.05) is 0 Å². The Balaban J connectivity index is 2.36. The lowest BCUT2D eigenvalue weighted by Crippen LogP contribution is -1.99. The Hall–Kier alpha value is -2.43. The highest BCUT2D eigenvalue weighted by Crippen LogP contribution is 2.21. The van der Waals surface area contributed by atoms with Crippen molar-refractivity contribution in [3.05, 3.63) is 42.4 Å². The predicted molar refractivity (Wildman–Crippen MR) is 61.0 cm³/mol. The summed E-state index contributed by atoms with van der Waals surface area (Å²) in [5, 5.41) is 8.74. The molecular formula is C12H10N2O3. The van der Waals surface area contributed by atoms with Crippen LogP contribution in [0.3, 0.4) is 0 Å². The molecule has 0 unspecified atom stereocenters. The number of carboxylic acids is 1. The molecule has 1 N–H and O–H groups in total. The van der Waals surface area contributed by atoms with Crippen LogP contribution in [-0.4, -0.2) is 28.2 Å². The topological polar surface area (TPSA) is 72.3 Å². The van der Waals surface area contributed by atoms with Gasteiger partial charge < -0.3 is 9.84 Å². The number of aromatic nitrogens is 2. The summed E-state index contributed by atoms with van der Waals surface area (Å²) in [5.41, 5.74) is 1.71. The van der Waals surface area contributed by atoms with Crippen LogP contribution in [-0.2, 0) is 0 Å². The number of hydrogen-bond acceptors (Lipinski definition) is 4. The molecule has 0 saturated carbocycles. The van der Waals surface area contributed by atoms with E-state index in [0.717, 1.165) is 11.1 Å². The molecule has 2 aromatic heterocycles. The average molecular weight is 230 g/mol. The number of rotatable bonds is 3. The lowest BCUT2D eigenvalue weighted by molar-refractivity contribution is 0.0690. The normalized spacial score (nSPS) is 9.94. The molecule has 2 aromatic rings. The Morgan fingerprint density at radius 3 is 2.65 bits per heavy atom. The summed E-state index contributed by atoms with van der Waals surface area (Å²) in [6.07, 6.45) is 3.14. The lowest BCUT2D eigenvalue weighted by Gasteiger charge is -2.03. The smallest absolute Gasteiger partial charge is 0.354 e. The maximum atomic E-state index is 10.7. The van der Waals surface area contributed by atoms with E-state index in [1.165, 1.54) is 19.4 Å². The first kappa shape index (κ1) is 11.1. The largest absolute Gasteiger partial charge is 0.481 e. The maximum absolute atomic E-state index is 10.7. The summed E-state index contributed by atoms with van der Waals surface area (Å²) >= 11 is 0. The summed E-state index contributed by atoms with van der Waals surface area (Å²) in [4.78, 5) is 18.5. The van der Waals surface area contributed by atoms with E-state index in [0.29, 0.717) is 5.88 Å². The summed E-state index contributed by atoms with van der Waals surface area (Å²) in [6.45, 7) is 0. The molecular weight excluding hydrogens is 220 g/mol. The molecule has 2 rings (SSSR count). The molecule has 86 valence electrons. The van der Waals surface area contributed by atoms with Crippen LogP contribution in [0.5, 0.6) is 5.88 Å². The molecule has 5 nitrogen and oxygen atoms in total. The average Bonchev–Trinajstić information content (AvgIpc) is 2.39. The Kier molecular flexibility index (Phi) is 3.00. The molecule has 0 aromatic carbocycles. The Labute approximate surface area is 97.7 Å². The van der Waals surface area contributed by atoms with Gasteiger partial charge in [0.15, 0.2) is 0 Å². The molecule has 0 saturated heterocycles. The third-order valence-electron chi connectivity index (χ3n) is 2.26. The Morgan fingerprint density at radius 2 is 2.06 bits per heavy atom. The number of hydrogen-bond donors (Lipinski definition) is 1. The molecule has 0 amide bonds. The van der Waals surface area contributed by atoms with Gasteiger partial charge in [0.25, 0.3) is 0 Å². The Morgan fingerprint density at radius 1 is 1.24 bits per heavy atom. The van der Waals surface area contributed by atoms with Gasteiger partial charge in [-0.2, -0.15) is 0 Å². The van der Waals surface area contributed by atoms with E-state index in [2.05, 4.69) is 9.97 Å². The van der Waals surface area contributed by atoms with E-state index >= 15 is 0 Å². The zero-order valence-corrected chi connectivity index (χ0v) is 9.12. The van der Waals surface area contributed by atoms with E-state index in [9.17, 15) is 4.79 Å². The van der Waals surface area contributed by atoms with Gasteiger partial charge in [-0.05, 0) is 17.7 Å². The molecule has 0 atom stereocenters. The van der Waals surface area contributed by atoms with Crippen molar-refractivity contribution < 1.29 is 14.6 Å². The van der Waals surface area contributed by atoms with Crippen LogP contribution in [0.2, 0.25) is 0 Å². The molecule has 0 fully saturated rings. The monoisotopic (exact) mass is 230 g/mol. The first-order valence-electron chi connectivity index (χ1n) is 4.90. The maximum Gasteiger partial charge on any atom is 0.354 e. The van der Waals surface area contributed by atoms with Gasteiger partial charge in [0, 0.05) is 24.0 Å². The summed E-state index contributed by atoms with van der Waals surface area (Å²) in [7, 11) is 1.54. The summed E-state index contributed by atoms with van der Waals surface area (Å²) in [5.74, 6) is -0.534. The van der Waals surface area contributed by atoms with Crippen LogP contribution in [0, 0.1) is 0 Å². The second-order valence-corrected chi connectivity index (χ2v) is 3.32. The molecule has 0 aliphatic rings. The van der Waals surface area contributed by atoms with Crippen molar-refractivity contribution in [2.45, 2.75) is 0 Å². The van der Waals surface area contributed by atoms with Crippen molar-refractivity contribution in [2.24, 2.45) is 0 Å². The van der Waals surface area contributed by atoms with E-state index in [-0.39, 0.29) is 5.69 Å². The van der Waals surface area contributed by atoms with Gasteiger partial charge in [0.05, 0.1) is 7.11 Å². The molecule has 2 heterocycles. The predicted octanol–water partition coefficient (Wildman–Crippen LogP) is 1.85. The second kappa shape index (κ2) is 4.61.